The van der Waals surface area contributed by atoms with E-state index in [0.717, 1.165) is 0 Å². The number of nitriles is 1. The van der Waals surface area contributed by atoms with Gasteiger partial charge >= 0.3 is 0 Å². The number of phenolic OH excluding ortho intramolecular Hbond substituents is 2. The quantitative estimate of drug-likeness (QED) is 0.814. The van der Waals surface area contributed by atoms with Crippen molar-refractivity contribution in [1.82, 2.24) is 4.90 Å². The minimum absolute atomic E-state index is 0.0959. The summed E-state index contributed by atoms with van der Waals surface area (Å²) in [5.41, 5.74) is 0.0959. The molecule has 1 aliphatic heterocycles. The molecule has 0 atom stereocenters. The number of benzene rings is 1. The van der Waals surface area contributed by atoms with Crippen molar-refractivity contribution < 1.29 is 15.0 Å². The Morgan fingerprint density at radius 1 is 1.40 bits per heavy atom. The van der Waals surface area contributed by atoms with Gasteiger partial charge in [0.15, 0.2) is 11.5 Å². The third-order valence-corrected chi connectivity index (χ3v) is 4.98. The van der Waals surface area contributed by atoms with Gasteiger partial charge in [-0.05, 0) is 31.2 Å². The molecule has 0 bridgehead atoms. The fraction of sp³-hybridized carbons (Fsp3) is 0.429. The minimum Gasteiger partial charge on any atom is -0.504 e. The SMILES string of the molecule is CSC1(C#N)CCN(C(=O)c2cccc(O)c2O)CC1. The first kappa shape index (κ1) is 14.5. The van der Waals surface area contributed by atoms with Gasteiger partial charge in [0.2, 0.25) is 0 Å². The number of thioether (sulfide) groups is 1. The number of piperidine rings is 1. The molecule has 0 saturated carbocycles. The largest absolute Gasteiger partial charge is 0.504 e. The van der Waals surface area contributed by atoms with Crippen LogP contribution in [0.25, 0.3) is 0 Å². The standard InChI is InChI=1S/C14H16N2O3S/c1-20-14(9-15)5-7-16(8-6-14)13(19)10-3-2-4-11(17)12(10)18/h2-4,17-18H,5-8H2,1H3. The van der Waals surface area contributed by atoms with E-state index in [-0.39, 0.29) is 23.0 Å². The molecule has 1 aromatic rings. The molecule has 1 saturated heterocycles. The van der Waals surface area contributed by atoms with Gasteiger partial charge in [0.25, 0.3) is 5.91 Å². The molecule has 1 heterocycles. The van der Waals surface area contributed by atoms with Crippen LogP contribution in [0.15, 0.2) is 18.2 Å². The number of nitrogens with zero attached hydrogens (tertiary/aromatic N) is 2. The number of phenols is 2. The molecule has 0 unspecified atom stereocenters. The number of hydrogen-bond donors (Lipinski definition) is 2. The Kier molecular flexibility index (Phi) is 4.09. The summed E-state index contributed by atoms with van der Waals surface area (Å²) in [5.74, 6) is -1.01. The van der Waals surface area contributed by atoms with Crippen LogP contribution in [0.4, 0.5) is 0 Å². The smallest absolute Gasteiger partial charge is 0.257 e. The second-order valence-electron chi connectivity index (χ2n) is 4.78. The molecule has 2 rings (SSSR count). The first-order valence-corrected chi connectivity index (χ1v) is 7.52. The average Bonchev–Trinajstić information content (AvgIpc) is 2.49. The number of carbonyl (C=O) groups is 1. The van der Waals surface area contributed by atoms with Gasteiger partial charge in [-0.3, -0.25) is 4.79 Å². The summed E-state index contributed by atoms with van der Waals surface area (Å²) in [6.07, 6.45) is 3.12. The molecule has 1 aliphatic rings. The third kappa shape index (κ3) is 2.54. The zero-order valence-electron chi connectivity index (χ0n) is 11.2. The molecule has 106 valence electrons. The van der Waals surface area contributed by atoms with Crippen LogP contribution < -0.4 is 0 Å². The van der Waals surface area contributed by atoms with Crippen LogP contribution in [0.3, 0.4) is 0 Å². The fourth-order valence-corrected chi connectivity index (χ4v) is 2.99. The molecule has 1 amide bonds. The van der Waals surface area contributed by atoms with E-state index in [4.69, 9.17) is 0 Å². The Morgan fingerprint density at radius 3 is 2.60 bits per heavy atom. The van der Waals surface area contributed by atoms with Crippen molar-refractivity contribution in [3.05, 3.63) is 23.8 Å². The maximum atomic E-state index is 12.3. The lowest BCUT2D eigenvalue weighted by Gasteiger charge is -2.36. The highest BCUT2D eigenvalue weighted by molar-refractivity contribution is 8.00. The average molecular weight is 292 g/mol. The molecule has 6 heteroatoms. The molecule has 20 heavy (non-hydrogen) atoms. The van der Waals surface area contributed by atoms with Crippen LogP contribution in [0.2, 0.25) is 0 Å². The van der Waals surface area contributed by atoms with Crippen LogP contribution in [0.5, 0.6) is 11.5 Å². The van der Waals surface area contributed by atoms with Crippen molar-refractivity contribution in [1.29, 1.82) is 5.26 Å². The molecule has 2 N–H and O–H groups in total. The Hall–Kier alpha value is -1.87. The Morgan fingerprint density at radius 2 is 2.05 bits per heavy atom. The number of amides is 1. The lowest BCUT2D eigenvalue weighted by molar-refractivity contribution is 0.0713. The second-order valence-corrected chi connectivity index (χ2v) is 5.97. The normalized spacial score (nSPS) is 17.5. The van der Waals surface area contributed by atoms with Gasteiger partial charge in [0.1, 0.15) is 4.75 Å². The van der Waals surface area contributed by atoms with Crippen LogP contribution in [0, 0.1) is 11.3 Å². The maximum absolute atomic E-state index is 12.3. The number of rotatable bonds is 2. The van der Waals surface area contributed by atoms with Gasteiger partial charge in [0.05, 0.1) is 11.6 Å². The molecular weight excluding hydrogens is 276 g/mol. The Balaban J connectivity index is 2.13. The predicted octanol–water partition coefficient (Wildman–Crippen LogP) is 1.96. The molecule has 0 spiro atoms. The van der Waals surface area contributed by atoms with E-state index in [2.05, 4.69) is 6.07 Å². The van der Waals surface area contributed by atoms with Crippen molar-refractivity contribution in [2.75, 3.05) is 19.3 Å². The number of aromatic hydroxyl groups is 2. The second kappa shape index (κ2) is 5.63. The van der Waals surface area contributed by atoms with Gasteiger partial charge in [0, 0.05) is 13.1 Å². The number of para-hydroxylation sites is 1. The predicted molar refractivity (Wildman–Crippen MR) is 76.8 cm³/mol. The van der Waals surface area contributed by atoms with E-state index in [1.54, 1.807) is 4.90 Å². The van der Waals surface area contributed by atoms with Crippen LogP contribution in [-0.4, -0.2) is 45.1 Å². The summed E-state index contributed by atoms with van der Waals surface area (Å²) >= 11 is 1.52. The molecule has 1 fully saturated rings. The first-order valence-electron chi connectivity index (χ1n) is 6.29. The van der Waals surface area contributed by atoms with E-state index in [0.29, 0.717) is 25.9 Å². The zero-order chi connectivity index (χ0) is 14.8. The van der Waals surface area contributed by atoms with Crippen molar-refractivity contribution in [2.24, 2.45) is 0 Å². The van der Waals surface area contributed by atoms with Gasteiger partial charge in [-0.2, -0.15) is 5.26 Å². The van der Waals surface area contributed by atoms with E-state index < -0.39 is 4.75 Å². The Labute approximate surface area is 121 Å². The molecule has 5 nitrogen and oxygen atoms in total. The molecular formula is C14H16N2O3S. The number of likely N-dealkylation sites (tertiary alicyclic amines) is 1. The van der Waals surface area contributed by atoms with Gasteiger partial charge < -0.3 is 15.1 Å². The van der Waals surface area contributed by atoms with E-state index in [1.165, 1.54) is 30.0 Å². The molecule has 1 aromatic carbocycles. The van der Waals surface area contributed by atoms with Crippen LogP contribution in [0.1, 0.15) is 23.2 Å². The highest BCUT2D eigenvalue weighted by atomic mass is 32.2. The highest BCUT2D eigenvalue weighted by Gasteiger charge is 2.36. The summed E-state index contributed by atoms with van der Waals surface area (Å²) in [4.78, 5) is 13.9. The lowest BCUT2D eigenvalue weighted by Crippen LogP contribution is -2.44. The Bertz CT molecular complexity index is 560. The lowest BCUT2D eigenvalue weighted by atomic mass is 9.96. The maximum Gasteiger partial charge on any atom is 0.257 e. The van der Waals surface area contributed by atoms with Crippen LogP contribution in [-0.2, 0) is 0 Å². The fourth-order valence-electron chi connectivity index (χ4n) is 2.31. The summed E-state index contributed by atoms with van der Waals surface area (Å²) in [6.45, 7) is 0.949. The molecule has 0 aliphatic carbocycles. The van der Waals surface area contributed by atoms with Crippen molar-refractivity contribution in [3.8, 4) is 17.6 Å². The van der Waals surface area contributed by atoms with E-state index in [9.17, 15) is 20.3 Å². The van der Waals surface area contributed by atoms with E-state index >= 15 is 0 Å². The molecule has 0 aromatic heterocycles. The number of hydrogen-bond acceptors (Lipinski definition) is 5. The topological polar surface area (TPSA) is 84.6 Å². The summed E-state index contributed by atoms with van der Waals surface area (Å²) in [7, 11) is 0. The molecule has 0 radical (unpaired) electrons. The van der Waals surface area contributed by atoms with Crippen molar-refractivity contribution >= 4 is 17.7 Å². The summed E-state index contributed by atoms with van der Waals surface area (Å²) < 4.78 is -0.419. The zero-order valence-corrected chi connectivity index (χ0v) is 12.0. The monoisotopic (exact) mass is 292 g/mol. The summed E-state index contributed by atoms with van der Waals surface area (Å²) in [6, 6.07) is 6.66. The summed E-state index contributed by atoms with van der Waals surface area (Å²) in [5, 5.41) is 28.4. The van der Waals surface area contributed by atoms with Gasteiger partial charge in [-0.1, -0.05) is 6.07 Å². The van der Waals surface area contributed by atoms with Gasteiger partial charge in [-0.25, -0.2) is 0 Å². The highest BCUT2D eigenvalue weighted by Crippen LogP contribution is 2.35. The van der Waals surface area contributed by atoms with Crippen molar-refractivity contribution in [2.45, 2.75) is 17.6 Å². The van der Waals surface area contributed by atoms with E-state index in [1.807, 2.05) is 6.26 Å². The number of carbonyl (C=O) groups excluding carboxylic acids is 1. The minimum atomic E-state index is -0.419. The third-order valence-electron chi connectivity index (χ3n) is 3.70. The van der Waals surface area contributed by atoms with Crippen LogP contribution >= 0.6 is 11.8 Å². The van der Waals surface area contributed by atoms with Gasteiger partial charge in [-0.15, -0.1) is 11.8 Å². The first-order chi connectivity index (χ1) is 9.53. The van der Waals surface area contributed by atoms with Crippen molar-refractivity contribution in [3.63, 3.8) is 0 Å².